The van der Waals surface area contributed by atoms with Gasteiger partial charge in [0.1, 0.15) is 18.2 Å². The third kappa shape index (κ3) is 3.34. The van der Waals surface area contributed by atoms with Crippen LogP contribution in [0.2, 0.25) is 0 Å². The van der Waals surface area contributed by atoms with Crippen molar-refractivity contribution < 1.29 is 8.98 Å². The minimum atomic E-state index is 0.170. The summed E-state index contributed by atoms with van der Waals surface area (Å²) in [7, 11) is 2.10. The predicted molar refractivity (Wildman–Crippen MR) is 151 cm³/mol. The lowest BCUT2D eigenvalue weighted by atomic mass is 9.63. The number of furan rings is 1. The van der Waals surface area contributed by atoms with Crippen LogP contribution >= 0.6 is 0 Å². The Bertz CT molecular complexity index is 1660. The van der Waals surface area contributed by atoms with Crippen molar-refractivity contribution >= 4 is 21.9 Å². The fraction of sp³-hybridized carbons (Fsp3) is 0.324. The van der Waals surface area contributed by atoms with E-state index in [-0.39, 0.29) is 10.8 Å². The molecule has 0 N–H and O–H groups in total. The number of hydrogen-bond donors (Lipinski definition) is 0. The first-order valence-electron chi connectivity index (χ1n) is 13.1. The molecule has 0 spiro atoms. The van der Waals surface area contributed by atoms with Crippen LogP contribution in [0.1, 0.15) is 62.8 Å². The summed E-state index contributed by atoms with van der Waals surface area (Å²) in [5.74, 6) is 0. The normalized spacial score (nSPS) is 16.4. The van der Waals surface area contributed by atoms with E-state index in [9.17, 15) is 0 Å². The Hall–Kier alpha value is -3.39. The SMILES string of the molecule is Cc1ccc2c(oc3c(-c4cccc[n+]4C)c(C)ccc32)c1-c1ccc2c(c1)C(C)(C)CCC2(C)C. The van der Waals surface area contributed by atoms with Crippen LogP contribution in [0, 0.1) is 13.8 Å². The standard InChI is InChI=1S/C34H36NO/c1-21-11-14-24-25-15-12-22(2)30(28-10-8-9-19-35(28)7)32(25)36-31(24)29(21)23-13-16-26-27(20-23)34(5,6)18-17-33(26,3)4/h8-16,19-20H,17-18H2,1-7H3/q+1. The van der Waals surface area contributed by atoms with Gasteiger partial charge < -0.3 is 4.42 Å². The summed E-state index contributed by atoms with van der Waals surface area (Å²) < 4.78 is 9.04. The monoisotopic (exact) mass is 474 g/mol. The Morgan fingerprint density at radius 2 is 1.31 bits per heavy atom. The Balaban J connectivity index is 1.65. The summed E-state index contributed by atoms with van der Waals surface area (Å²) in [5, 5.41) is 2.36. The first kappa shape index (κ1) is 23.0. The predicted octanol–water partition coefficient (Wildman–Crippen LogP) is 8.71. The van der Waals surface area contributed by atoms with E-state index in [1.165, 1.54) is 62.6 Å². The molecule has 0 atom stereocenters. The van der Waals surface area contributed by atoms with Gasteiger partial charge in [-0.1, -0.05) is 70.2 Å². The number of aryl methyl sites for hydroxylation is 3. The van der Waals surface area contributed by atoms with Crippen molar-refractivity contribution in [3.05, 3.63) is 89.1 Å². The molecule has 2 heterocycles. The van der Waals surface area contributed by atoms with Gasteiger partial charge in [-0.05, 0) is 71.4 Å². The van der Waals surface area contributed by atoms with E-state index in [1.807, 2.05) is 0 Å². The summed E-state index contributed by atoms with van der Waals surface area (Å²) in [4.78, 5) is 0. The van der Waals surface area contributed by atoms with Crippen molar-refractivity contribution in [3.8, 4) is 22.4 Å². The number of aromatic nitrogens is 1. The average Bonchev–Trinajstić information content (AvgIpc) is 3.21. The molecule has 0 unspecified atom stereocenters. The van der Waals surface area contributed by atoms with Gasteiger partial charge in [-0.25, -0.2) is 4.57 Å². The molecular weight excluding hydrogens is 438 g/mol. The van der Waals surface area contributed by atoms with Crippen LogP contribution in [-0.4, -0.2) is 0 Å². The van der Waals surface area contributed by atoms with Crippen LogP contribution < -0.4 is 4.57 Å². The van der Waals surface area contributed by atoms with E-state index >= 15 is 0 Å². The summed E-state index contributed by atoms with van der Waals surface area (Å²) in [6, 6.07) is 22.4. The fourth-order valence-corrected chi connectivity index (χ4v) is 6.30. The highest BCUT2D eigenvalue weighted by Gasteiger charge is 2.37. The van der Waals surface area contributed by atoms with Crippen LogP contribution in [0.3, 0.4) is 0 Å². The van der Waals surface area contributed by atoms with E-state index < -0.39 is 0 Å². The summed E-state index contributed by atoms with van der Waals surface area (Å²) in [5.41, 5.74) is 12.6. The van der Waals surface area contributed by atoms with E-state index in [0.29, 0.717) is 0 Å². The van der Waals surface area contributed by atoms with E-state index in [0.717, 1.165) is 16.9 Å². The second-order valence-corrected chi connectivity index (χ2v) is 12.1. The zero-order valence-corrected chi connectivity index (χ0v) is 22.6. The maximum absolute atomic E-state index is 6.86. The minimum Gasteiger partial charge on any atom is -0.454 e. The van der Waals surface area contributed by atoms with Crippen molar-refractivity contribution in [2.45, 2.75) is 65.2 Å². The Kier molecular flexibility index (Phi) is 4.99. The van der Waals surface area contributed by atoms with Crippen molar-refractivity contribution in [2.24, 2.45) is 7.05 Å². The van der Waals surface area contributed by atoms with Crippen molar-refractivity contribution in [2.75, 3.05) is 0 Å². The van der Waals surface area contributed by atoms with Gasteiger partial charge in [-0.3, -0.25) is 0 Å². The van der Waals surface area contributed by atoms with Gasteiger partial charge in [0.25, 0.3) is 0 Å². The highest BCUT2D eigenvalue weighted by atomic mass is 16.3. The molecule has 182 valence electrons. The molecule has 2 heteroatoms. The lowest BCUT2D eigenvalue weighted by Gasteiger charge is -2.42. The highest BCUT2D eigenvalue weighted by Crippen LogP contribution is 2.48. The van der Waals surface area contributed by atoms with Gasteiger partial charge in [0, 0.05) is 28.5 Å². The Morgan fingerprint density at radius 1 is 0.694 bits per heavy atom. The van der Waals surface area contributed by atoms with Gasteiger partial charge in [0.05, 0.1) is 5.56 Å². The summed E-state index contributed by atoms with van der Waals surface area (Å²) >= 11 is 0. The molecule has 3 aromatic carbocycles. The largest absolute Gasteiger partial charge is 0.454 e. The average molecular weight is 475 g/mol. The zero-order chi connectivity index (χ0) is 25.4. The van der Waals surface area contributed by atoms with Crippen LogP contribution in [0.5, 0.6) is 0 Å². The molecule has 0 radical (unpaired) electrons. The smallest absolute Gasteiger partial charge is 0.216 e. The van der Waals surface area contributed by atoms with Crippen molar-refractivity contribution in [1.29, 1.82) is 0 Å². The van der Waals surface area contributed by atoms with Gasteiger partial charge >= 0.3 is 0 Å². The quantitative estimate of drug-likeness (QED) is 0.234. The number of nitrogens with zero attached hydrogens (tertiary/aromatic N) is 1. The lowest BCUT2D eigenvalue weighted by Crippen LogP contribution is -2.33. The molecule has 2 nitrogen and oxygen atoms in total. The molecular formula is C34H36NO+. The summed E-state index contributed by atoms with van der Waals surface area (Å²) in [6.07, 6.45) is 4.53. The molecule has 0 fully saturated rings. The third-order valence-electron chi connectivity index (χ3n) is 8.68. The van der Waals surface area contributed by atoms with Crippen LogP contribution in [0.25, 0.3) is 44.3 Å². The minimum absolute atomic E-state index is 0.170. The zero-order valence-electron chi connectivity index (χ0n) is 22.6. The molecule has 0 amide bonds. The first-order valence-corrected chi connectivity index (χ1v) is 13.1. The molecule has 1 aliphatic carbocycles. The van der Waals surface area contributed by atoms with Crippen LogP contribution in [0.4, 0.5) is 0 Å². The number of pyridine rings is 1. The van der Waals surface area contributed by atoms with Crippen LogP contribution in [0.15, 0.2) is 71.3 Å². The molecule has 0 bridgehead atoms. The number of benzene rings is 3. The molecule has 1 aliphatic rings. The second kappa shape index (κ2) is 7.80. The third-order valence-corrected chi connectivity index (χ3v) is 8.68. The van der Waals surface area contributed by atoms with Crippen molar-refractivity contribution in [1.82, 2.24) is 0 Å². The second-order valence-electron chi connectivity index (χ2n) is 12.1. The van der Waals surface area contributed by atoms with Gasteiger partial charge in [0.2, 0.25) is 5.69 Å². The van der Waals surface area contributed by atoms with Crippen LogP contribution in [-0.2, 0) is 17.9 Å². The maximum Gasteiger partial charge on any atom is 0.216 e. The number of rotatable bonds is 2. The van der Waals surface area contributed by atoms with Gasteiger partial charge in [-0.15, -0.1) is 0 Å². The molecule has 5 aromatic rings. The summed E-state index contributed by atoms with van der Waals surface area (Å²) in [6.45, 7) is 14.0. The topological polar surface area (TPSA) is 17.0 Å². The van der Waals surface area contributed by atoms with Gasteiger partial charge in [0.15, 0.2) is 6.20 Å². The maximum atomic E-state index is 6.86. The first-order chi connectivity index (χ1) is 17.1. The molecule has 36 heavy (non-hydrogen) atoms. The lowest BCUT2D eigenvalue weighted by molar-refractivity contribution is -0.660. The Labute approximate surface area is 214 Å². The Morgan fingerprint density at radius 3 is 1.97 bits per heavy atom. The molecule has 2 aromatic heterocycles. The fourth-order valence-electron chi connectivity index (χ4n) is 6.30. The molecule has 6 rings (SSSR count). The number of fused-ring (bicyclic) bond motifs is 4. The van der Waals surface area contributed by atoms with E-state index in [2.05, 4.69) is 120 Å². The highest BCUT2D eigenvalue weighted by molar-refractivity contribution is 6.13. The van der Waals surface area contributed by atoms with E-state index in [4.69, 9.17) is 4.42 Å². The van der Waals surface area contributed by atoms with Crippen molar-refractivity contribution in [3.63, 3.8) is 0 Å². The van der Waals surface area contributed by atoms with Gasteiger partial charge in [-0.2, -0.15) is 0 Å². The molecule has 0 aliphatic heterocycles. The number of hydrogen-bond acceptors (Lipinski definition) is 1. The van der Waals surface area contributed by atoms with E-state index in [1.54, 1.807) is 0 Å². The molecule has 0 saturated carbocycles. The molecule has 0 saturated heterocycles.